The second kappa shape index (κ2) is 4.43. The van der Waals surface area contributed by atoms with E-state index in [4.69, 9.17) is 0 Å². The van der Waals surface area contributed by atoms with E-state index in [1.807, 2.05) is 0 Å². The summed E-state index contributed by atoms with van der Waals surface area (Å²) >= 11 is 1.73. The van der Waals surface area contributed by atoms with Crippen LogP contribution in [0.1, 0.15) is 13.8 Å². The minimum absolute atomic E-state index is 0.217. The quantitative estimate of drug-likeness (QED) is 0.345. The van der Waals surface area contributed by atoms with E-state index in [1.54, 1.807) is 36.7 Å². The number of aldehydes is 1. The number of carbonyl (C=O) groups excluding carboxylic acids is 2. The van der Waals surface area contributed by atoms with Crippen LogP contribution in [0.2, 0.25) is 0 Å². The molecule has 3 nitrogen and oxygen atoms in total. The fourth-order valence-corrected chi connectivity index (χ4v) is 0.743. The third kappa shape index (κ3) is 2.47. The number of halogens is 1. The van der Waals surface area contributed by atoms with Crippen molar-refractivity contribution < 1.29 is 9.59 Å². The van der Waals surface area contributed by atoms with Crippen LogP contribution >= 0.6 is 22.9 Å². The van der Waals surface area contributed by atoms with Gasteiger partial charge >= 0.3 is 0 Å². The molecule has 0 aliphatic carbocycles. The second-order valence-corrected chi connectivity index (χ2v) is 2.39. The largest absolute Gasteiger partial charge is 0.298 e. The number of allylic oxidation sites excluding steroid dienone is 1. The van der Waals surface area contributed by atoms with Crippen molar-refractivity contribution in [2.24, 2.45) is 0 Å². The summed E-state index contributed by atoms with van der Waals surface area (Å²) in [5.41, 5.74) is 0.929. The van der Waals surface area contributed by atoms with Crippen LogP contribution in [-0.2, 0) is 9.59 Å². The molecule has 0 bridgehead atoms. The molecule has 0 aromatic heterocycles. The maximum atomic E-state index is 10.8. The normalized spacial score (nSPS) is 11.9. The molecule has 0 atom stereocenters. The molecular weight excluding hydrogens is 245 g/mol. The van der Waals surface area contributed by atoms with Crippen LogP contribution in [0.15, 0.2) is 11.1 Å². The van der Waals surface area contributed by atoms with Gasteiger partial charge in [-0.15, -0.1) is 0 Å². The van der Waals surface area contributed by atoms with E-state index in [9.17, 15) is 9.59 Å². The Morgan fingerprint density at radius 1 is 1.50 bits per heavy atom. The molecule has 1 N–H and O–H groups in total. The first kappa shape index (κ1) is 9.61. The molecule has 56 valence electrons. The van der Waals surface area contributed by atoms with Crippen LogP contribution in [0, 0.1) is 0 Å². The van der Waals surface area contributed by atoms with Crippen LogP contribution in [0.4, 0.5) is 0 Å². The van der Waals surface area contributed by atoms with Gasteiger partial charge in [0.2, 0.25) is 0 Å². The first-order chi connectivity index (χ1) is 4.63. The molecule has 0 radical (unpaired) electrons. The average Bonchev–Trinajstić information content (AvgIpc) is 2.00. The highest BCUT2D eigenvalue weighted by atomic mass is 127. The number of hydrogen-bond donors (Lipinski definition) is 1. The Labute approximate surface area is 73.4 Å². The minimum atomic E-state index is -0.217. The fraction of sp³-hybridized carbons (Fsp3) is 0.333. The lowest BCUT2D eigenvalue weighted by atomic mass is 10.2. The van der Waals surface area contributed by atoms with Gasteiger partial charge in [0, 0.05) is 5.57 Å². The van der Waals surface area contributed by atoms with Crippen LogP contribution in [0.3, 0.4) is 0 Å². The Morgan fingerprint density at radius 3 is 2.30 bits per heavy atom. The summed E-state index contributed by atoms with van der Waals surface area (Å²) in [4.78, 5) is 20.9. The molecule has 0 aliphatic rings. The highest BCUT2D eigenvalue weighted by Gasteiger charge is 2.03. The zero-order chi connectivity index (χ0) is 8.15. The molecular formula is C6H8INO2. The zero-order valence-electron chi connectivity index (χ0n) is 5.77. The van der Waals surface area contributed by atoms with E-state index < -0.39 is 0 Å². The maximum absolute atomic E-state index is 10.8. The molecule has 0 aliphatic heterocycles. The van der Waals surface area contributed by atoms with Crippen molar-refractivity contribution in [2.75, 3.05) is 0 Å². The molecule has 0 heterocycles. The van der Waals surface area contributed by atoms with Gasteiger partial charge in [0.1, 0.15) is 6.29 Å². The number of hydrogen-bond acceptors (Lipinski definition) is 2. The lowest BCUT2D eigenvalue weighted by Gasteiger charge is -1.97. The maximum Gasteiger partial charge on any atom is 0.255 e. The Bertz CT molecular complexity index is 186. The predicted molar refractivity (Wildman–Crippen MR) is 46.6 cm³/mol. The topological polar surface area (TPSA) is 46.2 Å². The van der Waals surface area contributed by atoms with Gasteiger partial charge in [0.15, 0.2) is 0 Å². The first-order valence-electron chi connectivity index (χ1n) is 2.67. The van der Waals surface area contributed by atoms with Crippen molar-refractivity contribution in [1.29, 1.82) is 0 Å². The van der Waals surface area contributed by atoms with Crippen LogP contribution < -0.4 is 3.53 Å². The second-order valence-electron chi connectivity index (χ2n) is 1.85. The van der Waals surface area contributed by atoms with E-state index in [-0.39, 0.29) is 5.91 Å². The third-order valence-corrected chi connectivity index (χ3v) is 1.68. The molecule has 0 aromatic carbocycles. The smallest absolute Gasteiger partial charge is 0.255 e. The van der Waals surface area contributed by atoms with Crippen molar-refractivity contribution in [3.8, 4) is 0 Å². The van der Waals surface area contributed by atoms with Crippen molar-refractivity contribution >= 4 is 35.1 Å². The lowest BCUT2D eigenvalue weighted by molar-refractivity contribution is -0.115. The summed E-state index contributed by atoms with van der Waals surface area (Å²) < 4.78 is 2.39. The molecule has 0 spiro atoms. The SMILES string of the molecule is C/C(C=O)=C(\C)C(=O)NI. The number of amides is 1. The Hall–Kier alpha value is -0.390. The van der Waals surface area contributed by atoms with Crippen LogP contribution in [0.25, 0.3) is 0 Å². The van der Waals surface area contributed by atoms with Gasteiger partial charge in [-0.05, 0) is 19.4 Å². The monoisotopic (exact) mass is 253 g/mol. The summed E-state index contributed by atoms with van der Waals surface area (Å²) in [5.74, 6) is -0.217. The molecule has 4 heteroatoms. The molecule has 0 saturated carbocycles. The number of nitrogens with one attached hydrogen (secondary N) is 1. The lowest BCUT2D eigenvalue weighted by Crippen LogP contribution is -2.13. The summed E-state index contributed by atoms with van der Waals surface area (Å²) in [6.45, 7) is 3.21. The number of carbonyl (C=O) groups is 2. The minimum Gasteiger partial charge on any atom is -0.298 e. The van der Waals surface area contributed by atoms with Gasteiger partial charge in [-0.2, -0.15) is 0 Å². The van der Waals surface area contributed by atoms with Crippen molar-refractivity contribution in [2.45, 2.75) is 13.8 Å². The van der Waals surface area contributed by atoms with Crippen molar-refractivity contribution in [3.05, 3.63) is 11.1 Å². The fourth-order valence-electron chi connectivity index (χ4n) is 0.338. The average molecular weight is 253 g/mol. The highest BCUT2D eigenvalue weighted by Crippen LogP contribution is 2.00. The van der Waals surface area contributed by atoms with Gasteiger partial charge in [0.25, 0.3) is 5.91 Å². The Kier molecular flexibility index (Phi) is 4.26. The molecule has 1 amide bonds. The summed E-state index contributed by atoms with van der Waals surface area (Å²) in [5, 5.41) is 0. The molecule has 0 saturated heterocycles. The van der Waals surface area contributed by atoms with Crippen molar-refractivity contribution in [1.82, 2.24) is 3.53 Å². The van der Waals surface area contributed by atoms with Crippen molar-refractivity contribution in [3.63, 3.8) is 0 Å². The first-order valence-corrected chi connectivity index (χ1v) is 3.75. The summed E-state index contributed by atoms with van der Waals surface area (Å²) in [6.07, 6.45) is 0.668. The molecule has 0 unspecified atom stereocenters. The molecule has 0 rings (SSSR count). The summed E-state index contributed by atoms with van der Waals surface area (Å²) in [7, 11) is 0. The number of rotatable bonds is 2. The van der Waals surface area contributed by atoms with E-state index in [0.29, 0.717) is 17.4 Å². The standard InChI is InChI=1S/C6H8INO2/c1-4(3-9)5(2)6(10)8-7/h3H,1-2H3,(H,8,10)/b5-4-. The van der Waals surface area contributed by atoms with E-state index >= 15 is 0 Å². The predicted octanol–water partition coefficient (Wildman–Crippen LogP) is 0.988. The van der Waals surface area contributed by atoms with E-state index in [1.165, 1.54) is 0 Å². The zero-order valence-corrected chi connectivity index (χ0v) is 7.93. The van der Waals surface area contributed by atoms with E-state index in [0.717, 1.165) is 0 Å². The van der Waals surface area contributed by atoms with Crippen LogP contribution in [-0.4, -0.2) is 12.2 Å². The van der Waals surface area contributed by atoms with Crippen LogP contribution in [0.5, 0.6) is 0 Å². The molecule has 10 heavy (non-hydrogen) atoms. The van der Waals surface area contributed by atoms with Gasteiger partial charge in [-0.1, -0.05) is 0 Å². The summed E-state index contributed by atoms with van der Waals surface area (Å²) in [6, 6.07) is 0. The Morgan fingerprint density at radius 2 is 2.00 bits per heavy atom. The van der Waals surface area contributed by atoms with Gasteiger partial charge in [0.05, 0.1) is 22.9 Å². The van der Waals surface area contributed by atoms with E-state index in [2.05, 4.69) is 3.53 Å². The Balaban J connectivity index is 4.45. The third-order valence-electron chi connectivity index (χ3n) is 1.19. The molecule has 0 fully saturated rings. The molecule has 0 aromatic rings. The van der Waals surface area contributed by atoms with Gasteiger partial charge < -0.3 is 0 Å². The highest BCUT2D eigenvalue weighted by molar-refractivity contribution is 14.1. The van der Waals surface area contributed by atoms with Gasteiger partial charge in [-0.3, -0.25) is 13.1 Å². The van der Waals surface area contributed by atoms with Gasteiger partial charge in [-0.25, -0.2) is 0 Å².